The average Bonchev–Trinajstić information content (AvgIpc) is 2.31. The number of carbonyl (C=O) groups excluding carboxylic acids is 1. The number of aromatic nitrogens is 1. The molecule has 0 aliphatic rings. The zero-order valence-corrected chi connectivity index (χ0v) is 6.79. The molecule has 0 spiro atoms. The van der Waals surface area contributed by atoms with E-state index in [1.807, 2.05) is 30.1 Å². The molecule has 0 aromatic carbocycles. The molecule has 60 valence electrons. The van der Waals surface area contributed by atoms with Gasteiger partial charge < -0.3 is 9.88 Å². The fourth-order valence-corrected chi connectivity index (χ4v) is 0.892. The molecule has 1 amide bonds. The van der Waals surface area contributed by atoms with E-state index in [-0.39, 0.29) is 5.91 Å². The van der Waals surface area contributed by atoms with Gasteiger partial charge in [-0.2, -0.15) is 0 Å². The lowest BCUT2D eigenvalue weighted by molar-refractivity contribution is -0.119. The molecule has 0 aliphatic carbocycles. The van der Waals surface area contributed by atoms with Crippen LogP contribution in [0.15, 0.2) is 18.5 Å². The Labute approximate surface area is 66.0 Å². The Kier molecular flexibility index (Phi) is 2.31. The fourth-order valence-electron chi connectivity index (χ4n) is 0.892. The Balaban J connectivity index is 2.45. The van der Waals surface area contributed by atoms with Gasteiger partial charge >= 0.3 is 0 Å². The van der Waals surface area contributed by atoms with Crippen molar-refractivity contribution < 1.29 is 4.79 Å². The van der Waals surface area contributed by atoms with Gasteiger partial charge in [-0.3, -0.25) is 4.79 Å². The molecule has 0 radical (unpaired) electrons. The van der Waals surface area contributed by atoms with Gasteiger partial charge in [-0.05, 0) is 11.6 Å². The second-order valence-electron chi connectivity index (χ2n) is 2.59. The SMILES string of the molecule is CC(=O)NCc1ccn(C)c1. The summed E-state index contributed by atoms with van der Waals surface area (Å²) in [5.41, 5.74) is 1.13. The summed E-state index contributed by atoms with van der Waals surface area (Å²) >= 11 is 0. The van der Waals surface area contributed by atoms with Crippen LogP contribution in [0.1, 0.15) is 12.5 Å². The molecule has 1 aromatic rings. The lowest BCUT2D eigenvalue weighted by atomic mass is 10.3. The molecule has 0 fully saturated rings. The van der Waals surface area contributed by atoms with Crippen molar-refractivity contribution in [1.29, 1.82) is 0 Å². The van der Waals surface area contributed by atoms with Crippen LogP contribution < -0.4 is 5.32 Å². The first-order valence-corrected chi connectivity index (χ1v) is 3.54. The topological polar surface area (TPSA) is 34.0 Å². The van der Waals surface area contributed by atoms with Crippen molar-refractivity contribution in [3.05, 3.63) is 24.0 Å². The number of aryl methyl sites for hydroxylation is 1. The van der Waals surface area contributed by atoms with Crippen LogP contribution in [0.4, 0.5) is 0 Å². The maximum Gasteiger partial charge on any atom is 0.217 e. The molecule has 0 atom stereocenters. The monoisotopic (exact) mass is 152 g/mol. The number of hydrogen-bond acceptors (Lipinski definition) is 1. The van der Waals surface area contributed by atoms with E-state index in [0.29, 0.717) is 6.54 Å². The second-order valence-corrected chi connectivity index (χ2v) is 2.59. The summed E-state index contributed by atoms with van der Waals surface area (Å²) < 4.78 is 1.96. The Hall–Kier alpha value is -1.25. The van der Waals surface area contributed by atoms with E-state index in [1.54, 1.807) is 0 Å². The maximum atomic E-state index is 10.5. The summed E-state index contributed by atoms with van der Waals surface area (Å²) in [6.07, 6.45) is 3.94. The third-order valence-corrected chi connectivity index (χ3v) is 1.43. The van der Waals surface area contributed by atoms with Crippen LogP contribution in [0.3, 0.4) is 0 Å². The lowest BCUT2D eigenvalue weighted by Crippen LogP contribution is -2.18. The summed E-state index contributed by atoms with van der Waals surface area (Å²) in [6, 6.07) is 1.98. The first-order chi connectivity index (χ1) is 5.18. The number of nitrogens with zero attached hydrogens (tertiary/aromatic N) is 1. The Morgan fingerprint density at radius 2 is 2.45 bits per heavy atom. The van der Waals surface area contributed by atoms with Gasteiger partial charge in [-0.25, -0.2) is 0 Å². The maximum absolute atomic E-state index is 10.5. The molecule has 0 bridgehead atoms. The molecular weight excluding hydrogens is 140 g/mol. The number of carbonyl (C=O) groups is 1. The predicted molar refractivity (Wildman–Crippen MR) is 42.9 cm³/mol. The number of nitrogens with one attached hydrogen (secondary N) is 1. The highest BCUT2D eigenvalue weighted by Gasteiger charge is 1.94. The van der Waals surface area contributed by atoms with E-state index < -0.39 is 0 Å². The van der Waals surface area contributed by atoms with Gasteiger partial charge in [-0.1, -0.05) is 0 Å². The third-order valence-electron chi connectivity index (χ3n) is 1.43. The fraction of sp³-hybridized carbons (Fsp3) is 0.375. The quantitative estimate of drug-likeness (QED) is 0.663. The highest BCUT2D eigenvalue weighted by atomic mass is 16.1. The smallest absolute Gasteiger partial charge is 0.217 e. The minimum atomic E-state index is 0.00820. The molecule has 3 heteroatoms. The predicted octanol–water partition coefficient (Wildman–Crippen LogP) is 0.661. The first-order valence-electron chi connectivity index (χ1n) is 3.54. The molecule has 0 saturated carbocycles. The molecule has 1 N–H and O–H groups in total. The van der Waals surface area contributed by atoms with Crippen molar-refractivity contribution in [2.24, 2.45) is 7.05 Å². The van der Waals surface area contributed by atoms with Crippen molar-refractivity contribution in [2.45, 2.75) is 13.5 Å². The van der Waals surface area contributed by atoms with Gasteiger partial charge in [0.1, 0.15) is 0 Å². The summed E-state index contributed by atoms with van der Waals surface area (Å²) in [5, 5.41) is 2.72. The van der Waals surface area contributed by atoms with Crippen LogP contribution in [0, 0.1) is 0 Å². The van der Waals surface area contributed by atoms with Crippen molar-refractivity contribution in [2.75, 3.05) is 0 Å². The normalized spacial score (nSPS) is 9.64. The van der Waals surface area contributed by atoms with Crippen LogP contribution in [-0.4, -0.2) is 10.5 Å². The van der Waals surface area contributed by atoms with Crippen LogP contribution in [-0.2, 0) is 18.4 Å². The van der Waals surface area contributed by atoms with Gasteiger partial charge in [0.15, 0.2) is 0 Å². The average molecular weight is 152 g/mol. The van der Waals surface area contributed by atoms with Crippen LogP contribution in [0.2, 0.25) is 0 Å². The highest BCUT2D eigenvalue weighted by Crippen LogP contribution is 1.97. The van der Waals surface area contributed by atoms with Crippen LogP contribution in [0.5, 0.6) is 0 Å². The van der Waals surface area contributed by atoms with E-state index in [0.717, 1.165) is 5.56 Å². The van der Waals surface area contributed by atoms with E-state index in [9.17, 15) is 4.79 Å². The number of hydrogen-bond donors (Lipinski definition) is 1. The summed E-state index contributed by atoms with van der Waals surface area (Å²) in [7, 11) is 1.96. The number of amides is 1. The Bertz CT molecular complexity index is 252. The molecule has 3 nitrogen and oxygen atoms in total. The summed E-state index contributed by atoms with van der Waals surface area (Å²) in [4.78, 5) is 10.5. The van der Waals surface area contributed by atoms with Gasteiger partial charge in [0.2, 0.25) is 5.91 Å². The molecular formula is C8H12N2O. The van der Waals surface area contributed by atoms with Crippen molar-refractivity contribution in [3.63, 3.8) is 0 Å². The van der Waals surface area contributed by atoms with E-state index in [1.165, 1.54) is 6.92 Å². The molecule has 0 aliphatic heterocycles. The van der Waals surface area contributed by atoms with E-state index in [4.69, 9.17) is 0 Å². The highest BCUT2D eigenvalue weighted by molar-refractivity contribution is 5.72. The molecule has 11 heavy (non-hydrogen) atoms. The summed E-state index contributed by atoms with van der Waals surface area (Å²) in [5.74, 6) is 0.00820. The van der Waals surface area contributed by atoms with E-state index in [2.05, 4.69) is 5.32 Å². The first kappa shape index (κ1) is 7.85. The van der Waals surface area contributed by atoms with Crippen LogP contribution >= 0.6 is 0 Å². The zero-order chi connectivity index (χ0) is 8.27. The van der Waals surface area contributed by atoms with Gasteiger partial charge in [0.25, 0.3) is 0 Å². The van der Waals surface area contributed by atoms with Gasteiger partial charge in [0, 0.05) is 32.9 Å². The van der Waals surface area contributed by atoms with Crippen LogP contribution in [0.25, 0.3) is 0 Å². The zero-order valence-electron chi connectivity index (χ0n) is 6.79. The second kappa shape index (κ2) is 3.23. The Morgan fingerprint density at radius 3 is 2.91 bits per heavy atom. The standard InChI is InChI=1S/C8H12N2O/c1-7(11)9-5-8-3-4-10(2)6-8/h3-4,6H,5H2,1-2H3,(H,9,11). The number of rotatable bonds is 2. The molecule has 0 saturated heterocycles. The lowest BCUT2D eigenvalue weighted by Gasteiger charge is -1.97. The molecule has 1 rings (SSSR count). The van der Waals surface area contributed by atoms with Gasteiger partial charge in [-0.15, -0.1) is 0 Å². The van der Waals surface area contributed by atoms with Crippen molar-refractivity contribution in [1.82, 2.24) is 9.88 Å². The van der Waals surface area contributed by atoms with Gasteiger partial charge in [0.05, 0.1) is 0 Å². The van der Waals surface area contributed by atoms with Crippen molar-refractivity contribution in [3.8, 4) is 0 Å². The van der Waals surface area contributed by atoms with Crippen molar-refractivity contribution >= 4 is 5.91 Å². The molecule has 1 aromatic heterocycles. The van der Waals surface area contributed by atoms with E-state index >= 15 is 0 Å². The minimum absolute atomic E-state index is 0.00820. The third kappa shape index (κ3) is 2.45. The summed E-state index contributed by atoms with van der Waals surface area (Å²) in [6.45, 7) is 2.14. The molecule has 0 unspecified atom stereocenters. The Morgan fingerprint density at radius 1 is 1.73 bits per heavy atom. The molecule has 1 heterocycles. The minimum Gasteiger partial charge on any atom is -0.357 e. The largest absolute Gasteiger partial charge is 0.357 e.